The molecule has 10 heteroatoms. The quantitative estimate of drug-likeness (QED) is 0.195. The fourth-order valence-electron chi connectivity index (χ4n) is 4.19. The van der Waals surface area contributed by atoms with Gasteiger partial charge < -0.3 is 26.2 Å². The van der Waals surface area contributed by atoms with Gasteiger partial charge in [0.25, 0.3) is 11.8 Å². The average Bonchev–Trinajstić information content (AvgIpc) is 3.75. The maximum absolute atomic E-state index is 13.5. The number of hydrogen-bond acceptors (Lipinski definition) is 6. The Hall–Kier alpha value is -4.99. The van der Waals surface area contributed by atoms with Crippen molar-refractivity contribution in [2.24, 2.45) is 11.7 Å². The van der Waals surface area contributed by atoms with Crippen LogP contribution >= 0.6 is 0 Å². The van der Waals surface area contributed by atoms with Gasteiger partial charge in [-0.15, -0.1) is 0 Å². The minimum Gasteiger partial charge on any atom is -0.496 e. The molecule has 0 atom stereocenters. The third-order valence-electron chi connectivity index (χ3n) is 6.46. The molecule has 6 N–H and O–H groups in total. The van der Waals surface area contributed by atoms with Crippen LogP contribution < -0.4 is 21.1 Å². The number of amidine groups is 1. The van der Waals surface area contributed by atoms with E-state index < -0.39 is 17.8 Å². The lowest BCUT2D eigenvalue weighted by Gasteiger charge is -2.18. The zero-order valence-corrected chi connectivity index (χ0v) is 21.6. The molecule has 1 saturated carbocycles. The second-order valence-corrected chi connectivity index (χ2v) is 9.30. The molecule has 0 radical (unpaired) electrons. The van der Waals surface area contributed by atoms with Crippen LogP contribution in [0.3, 0.4) is 0 Å². The van der Waals surface area contributed by atoms with Gasteiger partial charge in [0.05, 0.1) is 7.11 Å². The van der Waals surface area contributed by atoms with Gasteiger partial charge in [-0.05, 0) is 73.7 Å². The molecule has 1 aliphatic rings. The number of aromatic nitrogens is 1. The monoisotopic (exact) mass is 527 g/mol. The maximum atomic E-state index is 13.5. The van der Waals surface area contributed by atoms with Gasteiger partial charge >= 0.3 is 5.97 Å². The fourth-order valence-corrected chi connectivity index (χ4v) is 4.19. The van der Waals surface area contributed by atoms with E-state index in [9.17, 15) is 19.5 Å². The van der Waals surface area contributed by atoms with Crippen molar-refractivity contribution in [3.05, 3.63) is 82.7 Å². The maximum Gasteiger partial charge on any atom is 0.355 e. The molecule has 1 aromatic heterocycles. The van der Waals surface area contributed by atoms with E-state index in [1.807, 2.05) is 0 Å². The molecule has 0 spiro atoms. The van der Waals surface area contributed by atoms with Crippen molar-refractivity contribution < 1.29 is 24.2 Å². The van der Waals surface area contributed by atoms with Crippen LogP contribution in [0.25, 0.3) is 17.2 Å². The predicted molar refractivity (Wildman–Crippen MR) is 148 cm³/mol. The van der Waals surface area contributed by atoms with Crippen LogP contribution in [0.2, 0.25) is 0 Å². The topological polar surface area (TPSA) is 167 Å². The van der Waals surface area contributed by atoms with Gasteiger partial charge in [0.1, 0.15) is 17.3 Å². The summed E-state index contributed by atoms with van der Waals surface area (Å²) in [6.07, 6.45) is 3.64. The fraction of sp³-hybridized carbons (Fsp3) is 0.207. The van der Waals surface area contributed by atoms with Crippen LogP contribution in [0, 0.1) is 18.3 Å². The molecule has 4 rings (SSSR count). The minimum absolute atomic E-state index is 0.0134. The largest absolute Gasteiger partial charge is 0.496 e. The van der Waals surface area contributed by atoms with Crippen LogP contribution in [0.1, 0.15) is 60.9 Å². The number of nitrogens with one attached hydrogen (secondary N) is 3. The highest BCUT2D eigenvalue weighted by molar-refractivity contribution is 6.11. The Morgan fingerprint density at radius 3 is 2.44 bits per heavy atom. The lowest BCUT2D eigenvalue weighted by molar-refractivity contribution is 0.0690. The van der Waals surface area contributed by atoms with Gasteiger partial charge in [0.15, 0.2) is 5.69 Å². The highest BCUT2D eigenvalue weighted by Crippen LogP contribution is 2.36. The molecule has 200 valence electrons. The summed E-state index contributed by atoms with van der Waals surface area (Å²) in [5.74, 6) is -1.59. The van der Waals surface area contributed by atoms with Gasteiger partial charge in [-0.1, -0.05) is 12.7 Å². The Kier molecular flexibility index (Phi) is 7.75. The zero-order chi connectivity index (χ0) is 28.3. The number of pyridine rings is 1. The number of anilines is 1. The molecule has 0 bridgehead atoms. The number of benzene rings is 2. The molecule has 0 saturated heterocycles. The van der Waals surface area contributed by atoms with Crippen molar-refractivity contribution in [1.29, 1.82) is 5.41 Å². The van der Waals surface area contributed by atoms with Crippen LogP contribution in [0.5, 0.6) is 5.75 Å². The lowest BCUT2D eigenvalue weighted by atomic mass is 9.91. The number of rotatable bonds is 10. The number of carboxylic acid groups (broad SMARTS) is 1. The van der Waals surface area contributed by atoms with Crippen molar-refractivity contribution in [3.63, 3.8) is 0 Å². The molecule has 0 aliphatic heterocycles. The van der Waals surface area contributed by atoms with Crippen LogP contribution in [0.4, 0.5) is 5.69 Å². The van der Waals surface area contributed by atoms with Gasteiger partial charge in [-0.25, -0.2) is 9.78 Å². The normalized spacial score (nSPS) is 12.4. The summed E-state index contributed by atoms with van der Waals surface area (Å²) in [7, 11) is 1.46. The lowest BCUT2D eigenvalue weighted by Crippen LogP contribution is -2.27. The molecule has 2 aromatic carbocycles. The zero-order valence-electron chi connectivity index (χ0n) is 21.6. The number of carbonyl (C=O) groups is 3. The summed E-state index contributed by atoms with van der Waals surface area (Å²) in [6.45, 7) is 5.97. The van der Waals surface area contributed by atoms with Crippen molar-refractivity contribution in [2.75, 3.05) is 19.0 Å². The first-order valence-electron chi connectivity index (χ1n) is 12.3. The van der Waals surface area contributed by atoms with E-state index in [1.54, 1.807) is 43.3 Å². The van der Waals surface area contributed by atoms with E-state index in [1.165, 1.54) is 19.3 Å². The van der Waals surface area contributed by atoms with Crippen LogP contribution in [-0.4, -0.2) is 47.4 Å². The number of carbonyl (C=O) groups excluding carboxylic acids is 2. The summed E-state index contributed by atoms with van der Waals surface area (Å²) >= 11 is 0. The van der Waals surface area contributed by atoms with E-state index in [-0.39, 0.29) is 33.9 Å². The van der Waals surface area contributed by atoms with Crippen LogP contribution in [-0.2, 0) is 0 Å². The summed E-state index contributed by atoms with van der Waals surface area (Å²) in [4.78, 5) is 42.8. The SMILES string of the molecule is C=Cc1cc(C(=O)Nc2ccc(C(=N)N)cc2)c(-c2c(C)cc(C(=O)NCC3CC3)nc2C(=O)O)cc1OC. The number of nitrogens with zero attached hydrogens (tertiary/aromatic N) is 1. The number of ether oxygens (including phenoxy) is 1. The number of carboxylic acids is 1. The van der Waals surface area contributed by atoms with Crippen molar-refractivity contribution in [2.45, 2.75) is 19.8 Å². The Bertz CT molecular complexity index is 1490. The molecule has 3 aromatic rings. The summed E-state index contributed by atoms with van der Waals surface area (Å²) in [5.41, 5.74) is 7.67. The molecule has 2 amide bonds. The van der Waals surface area contributed by atoms with Crippen LogP contribution in [0.15, 0.2) is 49.0 Å². The second-order valence-electron chi connectivity index (χ2n) is 9.30. The molecule has 1 aliphatic carbocycles. The van der Waals surface area contributed by atoms with E-state index in [2.05, 4.69) is 22.2 Å². The minimum atomic E-state index is -1.34. The Labute approximate surface area is 225 Å². The molecule has 1 heterocycles. The number of nitrogens with two attached hydrogens (primary N) is 1. The van der Waals surface area contributed by atoms with Crippen molar-refractivity contribution >= 4 is 35.4 Å². The standard InChI is InChI=1S/C29H29N5O5/c1-4-17-12-21(27(35)33-19-9-7-18(8-10-19)26(30)31)20(13-23(17)39-3)24-15(2)11-22(34-25(24)29(37)38)28(36)32-14-16-5-6-16/h4,7-13,16H,1,5-6,14H2,2-3H3,(H3,30,31)(H,32,36)(H,33,35)(H,37,38). The number of hydrogen-bond donors (Lipinski definition) is 5. The first-order valence-corrected chi connectivity index (χ1v) is 12.3. The summed E-state index contributed by atoms with van der Waals surface area (Å²) in [6, 6.07) is 11.1. The Morgan fingerprint density at radius 1 is 1.18 bits per heavy atom. The molecule has 39 heavy (non-hydrogen) atoms. The molecular formula is C29H29N5O5. The Balaban J connectivity index is 1.81. The number of aryl methyl sites for hydroxylation is 1. The first kappa shape index (κ1) is 27.1. The third kappa shape index (κ3) is 5.96. The number of nitrogen functional groups attached to an aromatic ring is 1. The number of amides is 2. The highest BCUT2D eigenvalue weighted by atomic mass is 16.5. The summed E-state index contributed by atoms with van der Waals surface area (Å²) in [5, 5.41) is 23.2. The van der Waals surface area contributed by atoms with Gasteiger partial charge in [-0.2, -0.15) is 0 Å². The van der Waals surface area contributed by atoms with E-state index in [0.717, 1.165) is 12.8 Å². The van der Waals surface area contributed by atoms with E-state index in [0.29, 0.717) is 40.6 Å². The van der Waals surface area contributed by atoms with Crippen molar-refractivity contribution in [3.8, 4) is 16.9 Å². The molecule has 1 fully saturated rings. The van der Waals surface area contributed by atoms with E-state index >= 15 is 0 Å². The Morgan fingerprint density at radius 2 is 1.87 bits per heavy atom. The first-order chi connectivity index (χ1) is 18.6. The predicted octanol–water partition coefficient (Wildman–Crippen LogP) is 4.08. The number of aromatic carboxylic acids is 1. The molecular weight excluding hydrogens is 498 g/mol. The molecule has 10 nitrogen and oxygen atoms in total. The van der Waals surface area contributed by atoms with Gasteiger partial charge in [-0.3, -0.25) is 15.0 Å². The average molecular weight is 528 g/mol. The number of methoxy groups -OCH3 is 1. The molecule has 0 unspecified atom stereocenters. The highest BCUT2D eigenvalue weighted by Gasteiger charge is 2.27. The second kappa shape index (κ2) is 11.2. The van der Waals surface area contributed by atoms with E-state index in [4.69, 9.17) is 15.9 Å². The third-order valence-corrected chi connectivity index (χ3v) is 6.46. The van der Waals surface area contributed by atoms with Crippen molar-refractivity contribution in [1.82, 2.24) is 10.3 Å². The smallest absolute Gasteiger partial charge is 0.355 e. The summed E-state index contributed by atoms with van der Waals surface area (Å²) < 4.78 is 5.48. The van der Waals surface area contributed by atoms with Gasteiger partial charge in [0, 0.05) is 40.0 Å². The van der Waals surface area contributed by atoms with Gasteiger partial charge in [0.2, 0.25) is 0 Å².